The second-order valence-electron chi connectivity index (χ2n) is 6.01. The van der Waals surface area contributed by atoms with Gasteiger partial charge in [-0.15, -0.1) is 0 Å². The van der Waals surface area contributed by atoms with E-state index in [4.69, 9.17) is 0 Å². The first-order valence-electron chi connectivity index (χ1n) is 7.29. The normalized spacial score (nSPS) is 24.9. The molecule has 2 unspecified atom stereocenters. The molecule has 0 radical (unpaired) electrons. The summed E-state index contributed by atoms with van der Waals surface area (Å²) in [6.07, 6.45) is 0.338. The molecule has 2 atom stereocenters. The second kappa shape index (κ2) is 5.79. The first-order chi connectivity index (χ1) is 9.72. The smallest absolute Gasteiger partial charge is 0.227 e. The van der Waals surface area contributed by atoms with Crippen molar-refractivity contribution in [3.63, 3.8) is 0 Å². The zero-order valence-corrected chi connectivity index (χ0v) is 13.9. The summed E-state index contributed by atoms with van der Waals surface area (Å²) in [5.41, 5.74) is 3.25. The summed E-state index contributed by atoms with van der Waals surface area (Å²) < 4.78 is 23.8. The largest absolute Gasteiger partial charge is 0.337 e. The molecule has 4 nitrogen and oxygen atoms in total. The van der Waals surface area contributed by atoms with Crippen LogP contribution in [0.2, 0.25) is 0 Å². The van der Waals surface area contributed by atoms with Crippen LogP contribution >= 0.6 is 0 Å². The molecule has 0 bridgehead atoms. The average molecular weight is 309 g/mol. The molecule has 0 aliphatic carbocycles. The van der Waals surface area contributed by atoms with Crippen LogP contribution in [0.4, 0.5) is 0 Å². The van der Waals surface area contributed by atoms with Crippen LogP contribution in [0.5, 0.6) is 0 Å². The quantitative estimate of drug-likeness (QED) is 0.838. The predicted octanol–water partition coefficient (Wildman–Crippen LogP) is 1.88. The van der Waals surface area contributed by atoms with Crippen LogP contribution in [0.25, 0.3) is 0 Å². The van der Waals surface area contributed by atoms with Crippen LogP contribution in [-0.4, -0.2) is 42.8 Å². The lowest BCUT2D eigenvalue weighted by Crippen LogP contribution is -2.54. The van der Waals surface area contributed by atoms with Crippen LogP contribution < -0.4 is 0 Å². The second-order valence-corrected chi connectivity index (χ2v) is 8.48. The van der Waals surface area contributed by atoms with Gasteiger partial charge in [0.15, 0.2) is 9.84 Å². The third-order valence-electron chi connectivity index (χ3n) is 4.52. The van der Waals surface area contributed by atoms with E-state index < -0.39 is 15.1 Å². The number of sulfone groups is 1. The van der Waals surface area contributed by atoms with Crippen molar-refractivity contribution in [3.8, 4) is 0 Å². The lowest BCUT2D eigenvalue weighted by Gasteiger charge is -2.37. The van der Waals surface area contributed by atoms with E-state index in [-0.39, 0.29) is 17.7 Å². The highest BCUT2D eigenvalue weighted by molar-refractivity contribution is 7.92. The standard InChI is InChI=1S/C16H23NO3S/c1-11-5-6-12(2)15(9-11)10-16(18)17-7-8-21(19,20)14(4)13(17)3/h5-6,9,13-14H,7-8,10H2,1-4H3. The Morgan fingerprint density at radius 3 is 2.62 bits per heavy atom. The number of nitrogens with zero attached hydrogens (tertiary/aromatic N) is 1. The number of benzene rings is 1. The third kappa shape index (κ3) is 3.28. The fourth-order valence-corrected chi connectivity index (χ4v) is 4.35. The van der Waals surface area contributed by atoms with Gasteiger partial charge in [0.05, 0.1) is 17.4 Å². The van der Waals surface area contributed by atoms with Crippen molar-refractivity contribution in [2.75, 3.05) is 12.3 Å². The minimum atomic E-state index is -3.06. The Morgan fingerprint density at radius 1 is 1.29 bits per heavy atom. The minimum Gasteiger partial charge on any atom is -0.337 e. The summed E-state index contributed by atoms with van der Waals surface area (Å²) in [4.78, 5) is 14.2. The molecule has 1 fully saturated rings. The molecule has 0 saturated carbocycles. The summed E-state index contributed by atoms with van der Waals surface area (Å²) in [6.45, 7) is 7.82. The van der Waals surface area contributed by atoms with E-state index in [1.165, 1.54) is 0 Å². The molecule has 0 aromatic heterocycles. The van der Waals surface area contributed by atoms with Crippen molar-refractivity contribution in [3.05, 3.63) is 34.9 Å². The zero-order valence-electron chi connectivity index (χ0n) is 13.1. The van der Waals surface area contributed by atoms with E-state index in [2.05, 4.69) is 0 Å². The summed E-state index contributed by atoms with van der Waals surface area (Å²) in [5.74, 6) is 0.0785. The fourth-order valence-electron chi connectivity index (χ4n) is 2.78. The minimum absolute atomic E-state index is 0.0120. The highest BCUT2D eigenvalue weighted by atomic mass is 32.2. The zero-order chi connectivity index (χ0) is 15.8. The molecule has 1 amide bonds. The van der Waals surface area contributed by atoms with E-state index in [1.54, 1.807) is 11.8 Å². The van der Waals surface area contributed by atoms with Crippen molar-refractivity contribution in [2.45, 2.75) is 45.4 Å². The van der Waals surface area contributed by atoms with Gasteiger partial charge in [-0.25, -0.2) is 8.42 Å². The van der Waals surface area contributed by atoms with Gasteiger partial charge in [0, 0.05) is 12.6 Å². The molecule has 1 aromatic rings. The summed E-state index contributed by atoms with van der Waals surface area (Å²) in [7, 11) is -3.06. The van der Waals surface area contributed by atoms with E-state index in [0.29, 0.717) is 13.0 Å². The Balaban J connectivity index is 2.16. The molecule has 0 spiro atoms. The van der Waals surface area contributed by atoms with Gasteiger partial charge < -0.3 is 4.90 Å². The Morgan fingerprint density at radius 2 is 1.95 bits per heavy atom. The molecule has 1 saturated heterocycles. The molecule has 1 aliphatic rings. The molecular weight excluding hydrogens is 286 g/mol. The van der Waals surface area contributed by atoms with Gasteiger partial charge in [-0.1, -0.05) is 23.8 Å². The summed E-state index contributed by atoms with van der Waals surface area (Å²) >= 11 is 0. The monoisotopic (exact) mass is 309 g/mol. The van der Waals surface area contributed by atoms with Gasteiger partial charge in [0.25, 0.3) is 0 Å². The number of rotatable bonds is 2. The fraction of sp³-hybridized carbons (Fsp3) is 0.562. The maximum absolute atomic E-state index is 12.5. The highest BCUT2D eigenvalue weighted by Gasteiger charge is 2.37. The van der Waals surface area contributed by atoms with Crippen LogP contribution in [0, 0.1) is 13.8 Å². The SMILES string of the molecule is Cc1ccc(C)c(CC(=O)N2CCS(=O)(=O)C(C)C2C)c1. The molecule has 1 heterocycles. The number of hydrogen-bond donors (Lipinski definition) is 0. The lowest BCUT2D eigenvalue weighted by molar-refractivity contribution is -0.132. The third-order valence-corrected chi connectivity index (χ3v) is 6.80. The molecule has 5 heteroatoms. The lowest BCUT2D eigenvalue weighted by atomic mass is 10.0. The van der Waals surface area contributed by atoms with Crippen molar-refractivity contribution in [1.29, 1.82) is 0 Å². The Kier molecular flexibility index (Phi) is 4.42. The Labute approximate surface area is 127 Å². The van der Waals surface area contributed by atoms with Gasteiger partial charge >= 0.3 is 0 Å². The molecule has 0 N–H and O–H groups in total. The number of carbonyl (C=O) groups excluding carboxylic acids is 1. The number of amides is 1. The van der Waals surface area contributed by atoms with Crippen LogP contribution in [0.1, 0.15) is 30.5 Å². The van der Waals surface area contributed by atoms with Gasteiger partial charge in [-0.2, -0.15) is 0 Å². The van der Waals surface area contributed by atoms with E-state index in [9.17, 15) is 13.2 Å². The maximum Gasteiger partial charge on any atom is 0.227 e. The van der Waals surface area contributed by atoms with Crippen LogP contribution in [0.3, 0.4) is 0 Å². The van der Waals surface area contributed by atoms with E-state index in [1.807, 2.05) is 39.0 Å². The van der Waals surface area contributed by atoms with Gasteiger partial charge in [-0.3, -0.25) is 4.79 Å². The molecule has 21 heavy (non-hydrogen) atoms. The Hall–Kier alpha value is -1.36. The van der Waals surface area contributed by atoms with Gasteiger partial charge in [0.1, 0.15) is 0 Å². The molecule has 116 valence electrons. The summed E-state index contributed by atoms with van der Waals surface area (Å²) in [6, 6.07) is 5.81. The van der Waals surface area contributed by atoms with Crippen molar-refractivity contribution in [2.24, 2.45) is 0 Å². The van der Waals surface area contributed by atoms with Gasteiger partial charge in [-0.05, 0) is 38.8 Å². The topological polar surface area (TPSA) is 54.5 Å². The number of carbonyl (C=O) groups is 1. The average Bonchev–Trinajstić information content (AvgIpc) is 2.40. The van der Waals surface area contributed by atoms with Gasteiger partial charge in [0.2, 0.25) is 5.91 Å². The number of aryl methyl sites for hydroxylation is 2. The molecule has 1 aromatic carbocycles. The Bertz CT molecular complexity index is 651. The molecule has 2 rings (SSSR count). The molecule has 1 aliphatic heterocycles. The number of hydrogen-bond acceptors (Lipinski definition) is 3. The van der Waals surface area contributed by atoms with Crippen LogP contribution in [0.15, 0.2) is 18.2 Å². The maximum atomic E-state index is 12.5. The summed E-state index contributed by atoms with van der Waals surface area (Å²) in [5, 5.41) is -0.492. The predicted molar refractivity (Wildman–Crippen MR) is 84.0 cm³/mol. The van der Waals surface area contributed by atoms with E-state index >= 15 is 0 Å². The van der Waals surface area contributed by atoms with E-state index in [0.717, 1.165) is 16.7 Å². The van der Waals surface area contributed by atoms with Crippen molar-refractivity contribution < 1.29 is 13.2 Å². The highest BCUT2D eigenvalue weighted by Crippen LogP contribution is 2.21. The molecular formula is C16H23NO3S. The van der Waals surface area contributed by atoms with Crippen LogP contribution in [-0.2, 0) is 21.1 Å². The van der Waals surface area contributed by atoms with Crippen molar-refractivity contribution >= 4 is 15.7 Å². The first-order valence-corrected chi connectivity index (χ1v) is 9.01. The first kappa shape index (κ1) is 16.0. The van der Waals surface area contributed by atoms with Crippen molar-refractivity contribution in [1.82, 2.24) is 4.90 Å².